The molecular formula is C19H28N2O4. The normalized spacial score (nSPS) is 19.8. The smallest absolute Gasteiger partial charge is 0.242 e. The number of hydrogen-bond acceptors (Lipinski definition) is 4. The van der Waals surface area contributed by atoms with Crippen LogP contribution < -0.4 is 0 Å². The van der Waals surface area contributed by atoms with E-state index in [0.29, 0.717) is 19.6 Å². The van der Waals surface area contributed by atoms with Crippen LogP contribution in [0.1, 0.15) is 44.8 Å². The molecule has 0 unspecified atom stereocenters. The first kappa shape index (κ1) is 18.0. The van der Waals surface area contributed by atoms with Gasteiger partial charge in [0.2, 0.25) is 11.8 Å². The third-order valence-corrected chi connectivity index (χ3v) is 4.79. The Bertz CT molecular complexity index is 562. The summed E-state index contributed by atoms with van der Waals surface area (Å²) in [5, 5.41) is 0. The van der Waals surface area contributed by atoms with Crippen LogP contribution in [0.3, 0.4) is 0 Å². The topological polar surface area (TPSA) is 63.0 Å². The van der Waals surface area contributed by atoms with E-state index in [-0.39, 0.29) is 30.4 Å². The van der Waals surface area contributed by atoms with E-state index in [9.17, 15) is 9.59 Å². The molecule has 138 valence electrons. The molecule has 1 atom stereocenters. The zero-order valence-corrected chi connectivity index (χ0v) is 15.0. The molecule has 0 radical (unpaired) electrons. The molecule has 25 heavy (non-hydrogen) atoms. The molecular weight excluding hydrogens is 320 g/mol. The highest BCUT2D eigenvalue weighted by atomic mass is 16.5. The first-order valence-corrected chi connectivity index (χ1v) is 9.38. The number of rotatable bonds is 9. The van der Waals surface area contributed by atoms with Crippen LogP contribution in [0.5, 0.6) is 0 Å². The monoisotopic (exact) mass is 348 g/mol. The zero-order valence-electron chi connectivity index (χ0n) is 15.0. The van der Waals surface area contributed by atoms with Gasteiger partial charge in [-0.25, -0.2) is 0 Å². The van der Waals surface area contributed by atoms with Crippen LogP contribution in [0.15, 0.2) is 22.8 Å². The molecule has 0 aromatic carbocycles. The lowest BCUT2D eigenvalue weighted by atomic mass is 10.2. The van der Waals surface area contributed by atoms with E-state index in [0.717, 1.165) is 44.5 Å². The molecule has 1 aliphatic heterocycles. The third kappa shape index (κ3) is 5.08. The average Bonchev–Trinajstić information content (AvgIpc) is 3.08. The predicted molar refractivity (Wildman–Crippen MR) is 92.7 cm³/mol. The van der Waals surface area contributed by atoms with Crippen molar-refractivity contribution in [1.82, 2.24) is 9.80 Å². The molecule has 1 aliphatic carbocycles. The highest BCUT2D eigenvalue weighted by Gasteiger charge is 2.34. The summed E-state index contributed by atoms with van der Waals surface area (Å²) in [6.07, 6.45) is 6.48. The molecule has 2 fully saturated rings. The van der Waals surface area contributed by atoms with E-state index in [1.54, 1.807) is 16.1 Å². The van der Waals surface area contributed by atoms with Crippen LogP contribution in [0.2, 0.25) is 0 Å². The van der Waals surface area contributed by atoms with Crippen LogP contribution in [0.4, 0.5) is 0 Å². The van der Waals surface area contributed by atoms with Gasteiger partial charge in [-0.1, -0.05) is 6.92 Å². The van der Waals surface area contributed by atoms with Gasteiger partial charge in [0.1, 0.15) is 5.76 Å². The van der Waals surface area contributed by atoms with Gasteiger partial charge in [0, 0.05) is 25.6 Å². The van der Waals surface area contributed by atoms with Crippen LogP contribution >= 0.6 is 0 Å². The van der Waals surface area contributed by atoms with E-state index in [2.05, 4.69) is 0 Å². The minimum atomic E-state index is -0.0330. The summed E-state index contributed by atoms with van der Waals surface area (Å²) >= 11 is 0. The summed E-state index contributed by atoms with van der Waals surface area (Å²) in [7, 11) is 0. The van der Waals surface area contributed by atoms with E-state index >= 15 is 0 Å². The second-order valence-corrected chi connectivity index (χ2v) is 7.02. The van der Waals surface area contributed by atoms with Crippen molar-refractivity contribution in [1.29, 1.82) is 0 Å². The first-order chi connectivity index (χ1) is 12.2. The van der Waals surface area contributed by atoms with Crippen LogP contribution in [0, 0.1) is 5.92 Å². The second kappa shape index (κ2) is 8.52. The average molecular weight is 348 g/mol. The second-order valence-electron chi connectivity index (χ2n) is 7.02. The SMILES string of the molecule is CCCN(CC(=O)N(Cc1ccco1)C[C@H]1CCCO1)C(=O)C1CC1. The summed E-state index contributed by atoms with van der Waals surface area (Å²) in [5.74, 6) is 0.984. The van der Waals surface area contributed by atoms with Gasteiger partial charge >= 0.3 is 0 Å². The quantitative estimate of drug-likeness (QED) is 0.688. The Morgan fingerprint density at radius 3 is 2.68 bits per heavy atom. The summed E-state index contributed by atoms with van der Waals surface area (Å²) in [6.45, 7) is 4.55. The highest BCUT2D eigenvalue weighted by Crippen LogP contribution is 2.31. The lowest BCUT2D eigenvalue weighted by molar-refractivity contribution is -0.142. The van der Waals surface area contributed by atoms with Crippen molar-refractivity contribution in [2.75, 3.05) is 26.2 Å². The molecule has 1 aromatic heterocycles. The molecule has 1 aromatic rings. The number of carbonyl (C=O) groups is 2. The number of furan rings is 1. The van der Waals surface area contributed by atoms with Crippen molar-refractivity contribution in [3.05, 3.63) is 24.2 Å². The van der Waals surface area contributed by atoms with Crippen molar-refractivity contribution >= 4 is 11.8 Å². The molecule has 2 amide bonds. The minimum absolute atomic E-state index is 0.0330. The molecule has 1 saturated carbocycles. The fraction of sp³-hybridized carbons (Fsp3) is 0.684. The van der Waals surface area contributed by atoms with Crippen LogP contribution in [-0.4, -0.2) is 54.0 Å². The van der Waals surface area contributed by atoms with Crippen molar-refractivity contribution in [2.24, 2.45) is 5.92 Å². The fourth-order valence-electron chi connectivity index (χ4n) is 3.27. The first-order valence-electron chi connectivity index (χ1n) is 9.38. The van der Waals surface area contributed by atoms with Gasteiger partial charge in [-0.2, -0.15) is 0 Å². The van der Waals surface area contributed by atoms with E-state index < -0.39 is 0 Å². The lowest BCUT2D eigenvalue weighted by Gasteiger charge is -2.28. The van der Waals surface area contributed by atoms with Crippen molar-refractivity contribution < 1.29 is 18.7 Å². The van der Waals surface area contributed by atoms with Crippen molar-refractivity contribution in [3.63, 3.8) is 0 Å². The van der Waals surface area contributed by atoms with E-state index in [1.807, 2.05) is 19.1 Å². The molecule has 6 heteroatoms. The van der Waals surface area contributed by atoms with Crippen LogP contribution in [-0.2, 0) is 20.9 Å². The maximum Gasteiger partial charge on any atom is 0.242 e. The molecule has 2 heterocycles. The number of hydrogen-bond donors (Lipinski definition) is 0. The Balaban J connectivity index is 1.64. The van der Waals surface area contributed by atoms with Gasteiger partial charge in [-0.15, -0.1) is 0 Å². The summed E-state index contributed by atoms with van der Waals surface area (Å²) in [6, 6.07) is 3.69. The maximum absolute atomic E-state index is 12.9. The van der Waals surface area contributed by atoms with Crippen molar-refractivity contribution in [2.45, 2.75) is 51.7 Å². The van der Waals surface area contributed by atoms with Crippen LogP contribution in [0.25, 0.3) is 0 Å². The Labute approximate surface area is 149 Å². The highest BCUT2D eigenvalue weighted by molar-refractivity contribution is 5.87. The number of nitrogens with zero attached hydrogens (tertiary/aromatic N) is 2. The number of amides is 2. The molecule has 0 spiro atoms. The lowest BCUT2D eigenvalue weighted by Crippen LogP contribution is -2.45. The Morgan fingerprint density at radius 1 is 1.24 bits per heavy atom. The number of carbonyl (C=O) groups excluding carboxylic acids is 2. The standard InChI is InChI=1S/C19H28N2O4/c1-2-9-20(19(23)15-7-8-15)14-18(22)21(12-16-5-3-10-24-16)13-17-6-4-11-25-17/h3,5,10,15,17H,2,4,6-9,11-14H2,1H3/t17-/m1/s1. The largest absolute Gasteiger partial charge is 0.467 e. The molecule has 2 aliphatic rings. The third-order valence-electron chi connectivity index (χ3n) is 4.79. The Morgan fingerprint density at radius 2 is 2.08 bits per heavy atom. The van der Waals surface area contributed by atoms with Gasteiger partial charge in [-0.3, -0.25) is 9.59 Å². The summed E-state index contributed by atoms with van der Waals surface area (Å²) in [5.41, 5.74) is 0. The maximum atomic E-state index is 12.9. The van der Waals surface area contributed by atoms with Gasteiger partial charge < -0.3 is 19.0 Å². The molecule has 6 nitrogen and oxygen atoms in total. The van der Waals surface area contributed by atoms with E-state index in [1.165, 1.54) is 0 Å². The van der Waals surface area contributed by atoms with Crippen molar-refractivity contribution in [3.8, 4) is 0 Å². The minimum Gasteiger partial charge on any atom is -0.467 e. The van der Waals surface area contributed by atoms with E-state index in [4.69, 9.17) is 9.15 Å². The van der Waals surface area contributed by atoms with Gasteiger partial charge in [0.25, 0.3) is 0 Å². The Kier molecular flexibility index (Phi) is 6.13. The van der Waals surface area contributed by atoms with Gasteiger partial charge in [0.15, 0.2) is 0 Å². The predicted octanol–water partition coefficient (Wildman–Crippen LogP) is 2.44. The zero-order chi connectivity index (χ0) is 17.6. The fourth-order valence-corrected chi connectivity index (χ4v) is 3.27. The Hall–Kier alpha value is -1.82. The van der Waals surface area contributed by atoms with Gasteiger partial charge in [0.05, 0.1) is 25.5 Å². The molecule has 3 rings (SSSR count). The molecule has 0 bridgehead atoms. The number of ether oxygens (including phenoxy) is 1. The molecule has 1 saturated heterocycles. The molecule has 0 N–H and O–H groups in total. The summed E-state index contributed by atoms with van der Waals surface area (Å²) in [4.78, 5) is 28.9. The summed E-state index contributed by atoms with van der Waals surface area (Å²) < 4.78 is 11.1. The van der Waals surface area contributed by atoms with Gasteiger partial charge in [-0.05, 0) is 44.2 Å².